The lowest BCUT2D eigenvalue weighted by Crippen LogP contribution is -2.25. The van der Waals surface area contributed by atoms with Gasteiger partial charge in [0.1, 0.15) is 0 Å². The van der Waals surface area contributed by atoms with Crippen molar-refractivity contribution in [3.05, 3.63) is 12.2 Å². The van der Waals surface area contributed by atoms with Crippen LogP contribution in [0.3, 0.4) is 0 Å². The molecule has 1 rings (SSSR count). The van der Waals surface area contributed by atoms with Crippen molar-refractivity contribution in [2.75, 3.05) is 0 Å². The molecule has 0 aromatic rings. The summed E-state index contributed by atoms with van der Waals surface area (Å²) in [6, 6.07) is 0. The highest BCUT2D eigenvalue weighted by Gasteiger charge is 2.14. The van der Waals surface area contributed by atoms with E-state index >= 15 is 0 Å². The lowest BCUT2D eigenvalue weighted by molar-refractivity contribution is 0.0389. The van der Waals surface area contributed by atoms with Gasteiger partial charge >= 0.3 is 0 Å². The third-order valence-corrected chi connectivity index (χ3v) is 0.758. The molecule has 0 radical (unpaired) electrons. The van der Waals surface area contributed by atoms with Crippen molar-refractivity contribution >= 4 is 0 Å². The largest absolute Gasteiger partial charge is 0.390 e. The third kappa shape index (κ3) is 1.08. The van der Waals surface area contributed by atoms with Gasteiger partial charge in [0, 0.05) is 5.48 Å². The van der Waals surface area contributed by atoms with Gasteiger partial charge in [-0.3, -0.25) is 0 Å². The zero-order valence-electron chi connectivity index (χ0n) is 10.0. The smallest absolute Gasteiger partial charge is 0.0980 e. The first-order valence-electron chi connectivity index (χ1n) is 5.11. The zero-order valence-corrected chi connectivity index (χ0v) is 4.05. The molecule has 8 heavy (non-hydrogen) atoms. The molecule has 1 aliphatic carbocycles. The molecule has 0 spiro atoms. The number of aliphatic hydroxyl groups is 2. The molecule has 2 atom stereocenters. The minimum Gasteiger partial charge on any atom is -0.390 e. The van der Waals surface area contributed by atoms with Crippen LogP contribution in [0.2, 0.25) is 0 Å². The van der Waals surface area contributed by atoms with Crippen molar-refractivity contribution in [1.29, 1.82) is 0 Å². The highest BCUT2D eigenvalue weighted by molar-refractivity contribution is 4.97. The van der Waals surface area contributed by atoms with E-state index in [1.165, 1.54) is 0 Å². The summed E-state index contributed by atoms with van der Waals surface area (Å²) in [5.41, 5.74) is 0. The SMILES string of the molecule is [2H]C1([2H])C=CC([2H])(O)C([2H])(O)C1([2H])[2H]. The highest BCUT2D eigenvalue weighted by Crippen LogP contribution is 2.10. The van der Waals surface area contributed by atoms with Gasteiger partial charge in [-0.05, 0) is 12.7 Å². The Morgan fingerprint density at radius 2 is 2.50 bits per heavy atom. The second-order valence-corrected chi connectivity index (χ2v) is 1.34. The normalized spacial score (nSPS) is 79.8. The van der Waals surface area contributed by atoms with Crippen LogP contribution >= 0.6 is 0 Å². The van der Waals surface area contributed by atoms with Crippen molar-refractivity contribution < 1.29 is 18.4 Å². The fourth-order valence-electron chi connectivity index (χ4n) is 0.374. The number of hydrogen-bond acceptors (Lipinski definition) is 2. The van der Waals surface area contributed by atoms with Gasteiger partial charge in [0.05, 0.1) is 14.9 Å². The van der Waals surface area contributed by atoms with Crippen LogP contribution in [-0.4, -0.2) is 22.4 Å². The number of allylic oxidation sites excluding steroid dienone is 1. The number of hydrogen-bond donors (Lipinski definition) is 2. The fraction of sp³-hybridized carbons (Fsp3) is 0.667. The van der Waals surface area contributed by atoms with Crippen LogP contribution in [-0.2, 0) is 0 Å². The van der Waals surface area contributed by atoms with Crippen LogP contribution in [0.5, 0.6) is 0 Å². The van der Waals surface area contributed by atoms with Crippen molar-refractivity contribution in [1.82, 2.24) is 0 Å². The first-order valence-corrected chi connectivity index (χ1v) is 2.11. The highest BCUT2D eigenvalue weighted by atomic mass is 16.3. The van der Waals surface area contributed by atoms with E-state index in [-0.39, 0.29) is 0 Å². The lowest BCUT2D eigenvalue weighted by atomic mass is 10.0. The van der Waals surface area contributed by atoms with Gasteiger partial charge in [-0.2, -0.15) is 0 Å². The topological polar surface area (TPSA) is 40.5 Å². The zero-order chi connectivity index (χ0) is 11.4. The average molecular weight is 120 g/mol. The molecule has 2 unspecified atom stereocenters. The van der Waals surface area contributed by atoms with E-state index in [1.807, 2.05) is 0 Å². The second kappa shape index (κ2) is 2.29. The Bertz CT molecular complexity index is 254. The molecule has 2 heteroatoms. The standard InChI is InChI=1S/C6H10O2/c7-5-3-1-2-4-6(5)8/h1,3,5-8H,2,4H2/i2D2,4D2,5D,6D. The average Bonchev–Trinajstić information content (AvgIpc) is 1.98. The van der Waals surface area contributed by atoms with Crippen LogP contribution in [0.25, 0.3) is 0 Å². The number of rotatable bonds is 0. The molecule has 0 fully saturated rings. The van der Waals surface area contributed by atoms with Crippen LogP contribution in [0.1, 0.15) is 21.0 Å². The van der Waals surface area contributed by atoms with Gasteiger partial charge in [0.25, 0.3) is 0 Å². The van der Waals surface area contributed by atoms with Crippen molar-refractivity contribution in [3.8, 4) is 0 Å². The monoisotopic (exact) mass is 120 g/mol. The minimum atomic E-state index is -3.25. The molecule has 0 aromatic carbocycles. The summed E-state index contributed by atoms with van der Waals surface area (Å²) >= 11 is 0. The summed E-state index contributed by atoms with van der Waals surface area (Å²) in [7, 11) is 0. The van der Waals surface area contributed by atoms with Crippen LogP contribution in [0, 0.1) is 0 Å². The summed E-state index contributed by atoms with van der Waals surface area (Å²) in [4.78, 5) is 0. The van der Waals surface area contributed by atoms with Gasteiger partial charge in [0.15, 0.2) is 0 Å². The van der Waals surface area contributed by atoms with E-state index in [2.05, 4.69) is 0 Å². The van der Waals surface area contributed by atoms with Gasteiger partial charge < -0.3 is 10.2 Å². The Kier molecular flexibility index (Phi) is 0.520. The molecule has 0 heterocycles. The van der Waals surface area contributed by atoms with Crippen molar-refractivity contribution in [3.63, 3.8) is 0 Å². The summed E-state index contributed by atoms with van der Waals surface area (Å²) in [6.07, 6.45) is -10.6. The molecule has 1 aliphatic rings. The molecule has 0 aromatic heterocycles. The second-order valence-electron chi connectivity index (χ2n) is 1.34. The maximum Gasteiger partial charge on any atom is 0.0980 e. The maximum absolute atomic E-state index is 9.33. The maximum atomic E-state index is 9.33. The lowest BCUT2D eigenvalue weighted by Gasteiger charge is -2.16. The Morgan fingerprint density at radius 1 is 1.75 bits per heavy atom. The molecule has 0 saturated carbocycles. The first kappa shape index (κ1) is 1.82. The van der Waals surface area contributed by atoms with Crippen molar-refractivity contribution in [2.24, 2.45) is 0 Å². The van der Waals surface area contributed by atoms with Crippen molar-refractivity contribution in [2.45, 2.75) is 24.9 Å². The van der Waals surface area contributed by atoms with Gasteiger partial charge in [-0.25, -0.2) is 0 Å². The first-order chi connectivity index (χ1) is 5.96. The van der Waals surface area contributed by atoms with E-state index in [9.17, 15) is 10.2 Å². The molecular formula is C6H10O2. The van der Waals surface area contributed by atoms with E-state index in [1.54, 1.807) is 0 Å². The van der Waals surface area contributed by atoms with E-state index < -0.39 is 24.9 Å². The molecule has 0 aliphatic heterocycles. The summed E-state index contributed by atoms with van der Waals surface area (Å²) in [6.45, 7) is 0. The Balaban J connectivity index is 3.36. The Labute approximate surface area is 56.9 Å². The van der Waals surface area contributed by atoms with Crippen LogP contribution in [0.15, 0.2) is 12.2 Å². The fourth-order valence-corrected chi connectivity index (χ4v) is 0.374. The Hall–Kier alpha value is -0.340. The molecule has 2 N–H and O–H groups in total. The van der Waals surface area contributed by atoms with E-state index in [4.69, 9.17) is 8.22 Å². The van der Waals surface area contributed by atoms with Gasteiger partial charge in [-0.15, -0.1) is 0 Å². The molecular weight excluding hydrogens is 104 g/mol. The molecule has 0 saturated heterocycles. The Morgan fingerprint density at radius 3 is 3.12 bits per heavy atom. The summed E-state index contributed by atoms with van der Waals surface area (Å²) < 4.78 is 43.0. The predicted octanol–water partition coefficient (Wildman–Crippen LogP) is 0.0582. The van der Waals surface area contributed by atoms with Gasteiger partial charge in [-0.1, -0.05) is 12.2 Å². The van der Waals surface area contributed by atoms with Crippen LogP contribution < -0.4 is 0 Å². The summed E-state index contributed by atoms with van der Waals surface area (Å²) in [5.74, 6) is 0. The third-order valence-electron chi connectivity index (χ3n) is 0.758. The van der Waals surface area contributed by atoms with E-state index in [0.717, 1.165) is 0 Å². The quantitative estimate of drug-likeness (QED) is 0.444. The molecule has 0 amide bonds. The minimum absolute atomic E-state index is 0.571. The molecule has 2 nitrogen and oxygen atoms in total. The van der Waals surface area contributed by atoms with E-state index in [0.29, 0.717) is 12.2 Å². The van der Waals surface area contributed by atoms with Crippen LogP contribution in [0.4, 0.5) is 0 Å². The molecule has 46 valence electrons. The molecule has 0 bridgehead atoms. The summed E-state index contributed by atoms with van der Waals surface area (Å²) in [5, 5.41) is 18.5. The van der Waals surface area contributed by atoms with Gasteiger partial charge in [0.2, 0.25) is 0 Å². The predicted molar refractivity (Wildman–Crippen MR) is 30.4 cm³/mol.